The molecule has 144 valence electrons. The molecule has 0 aliphatic heterocycles. The minimum atomic E-state index is -0.670. The molecule has 0 spiro atoms. The summed E-state index contributed by atoms with van der Waals surface area (Å²) < 4.78 is 10.8. The van der Waals surface area contributed by atoms with Crippen molar-refractivity contribution >= 4 is 29.2 Å². The molecule has 0 bridgehead atoms. The Balaban J connectivity index is 2.15. The molecule has 27 heavy (non-hydrogen) atoms. The standard InChI is InChI=1S/C21H24ClNO4/c1-5-19(27-16-9-10-17(22)14(4)11-16)20(24)23-18-12-15(8-7-13(18)3)21(25)26-6-2/h7-12,19H,5-6H2,1-4H3,(H,23,24). The van der Waals surface area contributed by atoms with Crippen LogP contribution in [0.15, 0.2) is 36.4 Å². The molecule has 1 unspecified atom stereocenters. The number of esters is 1. The number of aryl methyl sites for hydroxylation is 2. The molecule has 0 aliphatic carbocycles. The van der Waals surface area contributed by atoms with Crippen LogP contribution in [0, 0.1) is 13.8 Å². The molecule has 0 radical (unpaired) electrons. The van der Waals surface area contributed by atoms with E-state index in [2.05, 4.69) is 5.32 Å². The fourth-order valence-corrected chi connectivity index (χ4v) is 2.61. The van der Waals surface area contributed by atoms with Gasteiger partial charge in [-0.05, 0) is 68.7 Å². The second kappa shape index (κ2) is 9.42. The average molecular weight is 390 g/mol. The third-order valence-corrected chi connectivity index (χ3v) is 4.50. The highest BCUT2D eigenvalue weighted by molar-refractivity contribution is 6.31. The van der Waals surface area contributed by atoms with Crippen LogP contribution in [0.1, 0.15) is 41.8 Å². The predicted octanol–water partition coefficient (Wildman–Crippen LogP) is 4.93. The van der Waals surface area contributed by atoms with E-state index in [1.165, 1.54) is 0 Å². The third-order valence-electron chi connectivity index (χ3n) is 4.08. The fourth-order valence-electron chi connectivity index (χ4n) is 2.49. The SMILES string of the molecule is CCOC(=O)c1ccc(C)c(NC(=O)C(CC)Oc2ccc(Cl)c(C)c2)c1. The summed E-state index contributed by atoms with van der Waals surface area (Å²) in [7, 11) is 0. The van der Waals surface area contributed by atoms with Crippen LogP contribution in [0.2, 0.25) is 5.02 Å². The summed E-state index contributed by atoms with van der Waals surface area (Å²) in [5, 5.41) is 3.49. The van der Waals surface area contributed by atoms with Crippen molar-refractivity contribution in [1.29, 1.82) is 0 Å². The van der Waals surface area contributed by atoms with Crippen LogP contribution in [-0.4, -0.2) is 24.6 Å². The Morgan fingerprint density at radius 1 is 1.07 bits per heavy atom. The number of carbonyl (C=O) groups excluding carboxylic acids is 2. The van der Waals surface area contributed by atoms with E-state index in [0.717, 1.165) is 11.1 Å². The fraction of sp³-hybridized carbons (Fsp3) is 0.333. The Morgan fingerprint density at radius 2 is 1.81 bits per heavy atom. The number of carbonyl (C=O) groups is 2. The van der Waals surface area contributed by atoms with Gasteiger partial charge >= 0.3 is 5.97 Å². The van der Waals surface area contributed by atoms with Gasteiger partial charge in [0, 0.05) is 10.7 Å². The van der Waals surface area contributed by atoms with Gasteiger partial charge < -0.3 is 14.8 Å². The zero-order chi connectivity index (χ0) is 20.0. The van der Waals surface area contributed by atoms with Crippen molar-refractivity contribution in [3.8, 4) is 5.75 Å². The van der Waals surface area contributed by atoms with Gasteiger partial charge in [-0.3, -0.25) is 4.79 Å². The van der Waals surface area contributed by atoms with E-state index in [-0.39, 0.29) is 5.91 Å². The van der Waals surface area contributed by atoms with Gasteiger partial charge in [-0.15, -0.1) is 0 Å². The van der Waals surface area contributed by atoms with E-state index in [4.69, 9.17) is 21.1 Å². The molecule has 2 aromatic carbocycles. The van der Waals surface area contributed by atoms with Crippen LogP contribution in [0.3, 0.4) is 0 Å². The van der Waals surface area contributed by atoms with Crippen LogP contribution in [0.4, 0.5) is 5.69 Å². The molecule has 1 amide bonds. The summed E-state index contributed by atoms with van der Waals surface area (Å²) in [4.78, 5) is 24.6. The van der Waals surface area contributed by atoms with Crippen LogP contribution >= 0.6 is 11.6 Å². The zero-order valence-corrected chi connectivity index (χ0v) is 16.7. The number of hydrogen-bond donors (Lipinski definition) is 1. The van der Waals surface area contributed by atoms with E-state index in [9.17, 15) is 9.59 Å². The first-order chi connectivity index (χ1) is 12.8. The molecule has 6 heteroatoms. The largest absolute Gasteiger partial charge is 0.481 e. The molecule has 2 rings (SSSR count). The Hall–Kier alpha value is -2.53. The van der Waals surface area contributed by atoms with Gasteiger partial charge in [0.1, 0.15) is 5.75 Å². The van der Waals surface area contributed by atoms with Gasteiger partial charge in [-0.1, -0.05) is 24.6 Å². The Bertz CT molecular complexity index is 835. The molecule has 1 N–H and O–H groups in total. The molecular weight excluding hydrogens is 366 g/mol. The van der Waals surface area contributed by atoms with E-state index < -0.39 is 12.1 Å². The molecule has 0 aromatic heterocycles. The van der Waals surface area contributed by atoms with Crippen molar-refractivity contribution in [2.45, 2.75) is 40.2 Å². The van der Waals surface area contributed by atoms with Crippen LogP contribution < -0.4 is 10.1 Å². The summed E-state index contributed by atoms with van der Waals surface area (Å²) in [6, 6.07) is 10.3. The van der Waals surface area contributed by atoms with E-state index in [1.54, 1.807) is 43.3 Å². The number of hydrogen-bond acceptors (Lipinski definition) is 4. The average Bonchev–Trinajstić information content (AvgIpc) is 2.64. The van der Waals surface area contributed by atoms with Gasteiger partial charge in [-0.2, -0.15) is 0 Å². The summed E-state index contributed by atoms with van der Waals surface area (Å²) in [6.45, 7) is 7.64. The predicted molar refractivity (Wildman–Crippen MR) is 107 cm³/mol. The topological polar surface area (TPSA) is 64.6 Å². The Labute approximate surface area is 164 Å². The lowest BCUT2D eigenvalue weighted by molar-refractivity contribution is -0.122. The number of benzene rings is 2. The molecule has 0 saturated carbocycles. The Kier molecular flexibility index (Phi) is 7.25. The van der Waals surface area contributed by atoms with Gasteiger partial charge in [0.2, 0.25) is 0 Å². The number of halogens is 1. The quantitative estimate of drug-likeness (QED) is 0.682. The molecule has 2 aromatic rings. The van der Waals surface area contributed by atoms with Crippen molar-refractivity contribution in [2.24, 2.45) is 0 Å². The van der Waals surface area contributed by atoms with Crippen LogP contribution in [0.25, 0.3) is 0 Å². The normalized spacial score (nSPS) is 11.6. The van der Waals surface area contributed by atoms with Gasteiger partial charge in [0.05, 0.1) is 12.2 Å². The molecule has 0 saturated heterocycles. The molecule has 1 atom stereocenters. The summed E-state index contributed by atoms with van der Waals surface area (Å²) in [5.74, 6) is -0.127. The highest BCUT2D eigenvalue weighted by Gasteiger charge is 2.20. The van der Waals surface area contributed by atoms with Gasteiger partial charge in [0.15, 0.2) is 6.10 Å². The van der Waals surface area contributed by atoms with Gasteiger partial charge in [-0.25, -0.2) is 4.79 Å². The highest BCUT2D eigenvalue weighted by atomic mass is 35.5. The first-order valence-electron chi connectivity index (χ1n) is 8.87. The van der Waals surface area contributed by atoms with Crippen LogP contribution in [-0.2, 0) is 9.53 Å². The van der Waals surface area contributed by atoms with Crippen molar-refractivity contribution in [3.05, 3.63) is 58.1 Å². The molecule has 0 heterocycles. The summed E-state index contributed by atoms with van der Waals surface area (Å²) in [6.07, 6.45) is -0.180. The minimum Gasteiger partial charge on any atom is -0.481 e. The van der Waals surface area contributed by atoms with Crippen molar-refractivity contribution < 1.29 is 19.1 Å². The number of anilines is 1. The van der Waals surface area contributed by atoms with Crippen molar-refractivity contribution in [3.63, 3.8) is 0 Å². The maximum Gasteiger partial charge on any atom is 0.338 e. The lowest BCUT2D eigenvalue weighted by Gasteiger charge is -2.19. The van der Waals surface area contributed by atoms with Crippen molar-refractivity contribution in [1.82, 2.24) is 0 Å². The lowest BCUT2D eigenvalue weighted by Crippen LogP contribution is -2.32. The number of rotatable bonds is 7. The first kappa shape index (κ1) is 20.8. The summed E-state index contributed by atoms with van der Waals surface area (Å²) in [5.41, 5.74) is 2.66. The zero-order valence-electron chi connectivity index (χ0n) is 16.0. The summed E-state index contributed by atoms with van der Waals surface area (Å²) >= 11 is 6.03. The maximum absolute atomic E-state index is 12.7. The maximum atomic E-state index is 12.7. The first-order valence-corrected chi connectivity index (χ1v) is 9.25. The number of nitrogens with one attached hydrogen (secondary N) is 1. The second-order valence-electron chi connectivity index (χ2n) is 6.17. The van der Waals surface area contributed by atoms with E-state index in [0.29, 0.717) is 35.1 Å². The monoisotopic (exact) mass is 389 g/mol. The number of amides is 1. The minimum absolute atomic E-state index is 0.283. The molecular formula is C21H24ClNO4. The van der Waals surface area contributed by atoms with Gasteiger partial charge in [0.25, 0.3) is 5.91 Å². The van der Waals surface area contributed by atoms with Crippen LogP contribution in [0.5, 0.6) is 5.75 Å². The molecule has 0 aliphatic rings. The number of ether oxygens (including phenoxy) is 2. The Morgan fingerprint density at radius 3 is 2.44 bits per heavy atom. The van der Waals surface area contributed by atoms with E-state index >= 15 is 0 Å². The second-order valence-corrected chi connectivity index (χ2v) is 6.57. The molecule has 0 fully saturated rings. The smallest absolute Gasteiger partial charge is 0.338 e. The molecule has 5 nitrogen and oxygen atoms in total. The highest BCUT2D eigenvalue weighted by Crippen LogP contribution is 2.23. The third kappa shape index (κ3) is 5.47. The van der Waals surface area contributed by atoms with E-state index in [1.807, 2.05) is 20.8 Å². The van der Waals surface area contributed by atoms with Crippen molar-refractivity contribution in [2.75, 3.05) is 11.9 Å². The lowest BCUT2D eigenvalue weighted by atomic mass is 10.1.